The molecule has 1 N–H and O–H groups in total. The van der Waals surface area contributed by atoms with Crippen molar-refractivity contribution in [1.29, 1.82) is 0 Å². The topological polar surface area (TPSA) is 93.1 Å². The fourth-order valence-corrected chi connectivity index (χ4v) is 5.71. The van der Waals surface area contributed by atoms with Crippen molar-refractivity contribution in [3.63, 3.8) is 0 Å². The monoisotopic (exact) mass is 425 g/mol. The van der Waals surface area contributed by atoms with E-state index in [0.29, 0.717) is 13.2 Å². The van der Waals surface area contributed by atoms with E-state index in [1.807, 2.05) is 0 Å². The van der Waals surface area contributed by atoms with Gasteiger partial charge in [-0.05, 0) is 56.2 Å². The van der Waals surface area contributed by atoms with E-state index in [1.54, 1.807) is 13.0 Å². The van der Waals surface area contributed by atoms with Crippen LogP contribution in [0.2, 0.25) is 0 Å². The Bertz CT molecular complexity index is 901. The fourth-order valence-electron chi connectivity index (χ4n) is 2.90. The molecule has 0 atom stereocenters. The van der Waals surface area contributed by atoms with Gasteiger partial charge in [-0.1, -0.05) is 0 Å². The SMILES string of the molecule is Cc1ccc(S(=O)(=O)N(C(=O)CCOC2CCOCC2)c2ccc(O)cc2)s1. The molecule has 1 amide bonds. The Kier molecular flexibility index (Phi) is 6.71. The van der Waals surface area contributed by atoms with E-state index >= 15 is 0 Å². The zero-order valence-corrected chi connectivity index (χ0v) is 17.2. The van der Waals surface area contributed by atoms with Gasteiger partial charge < -0.3 is 14.6 Å². The van der Waals surface area contributed by atoms with Gasteiger partial charge in [-0.2, -0.15) is 8.42 Å². The molecule has 152 valence electrons. The van der Waals surface area contributed by atoms with Crippen molar-refractivity contribution >= 4 is 33.0 Å². The second-order valence-corrected chi connectivity index (χ2v) is 9.78. The summed E-state index contributed by atoms with van der Waals surface area (Å²) in [7, 11) is -4.06. The van der Waals surface area contributed by atoms with Crippen LogP contribution in [0.1, 0.15) is 24.1 Å². The summed E-state index contributed by atoms with van der Waals surface area (Å²) in [6.07, 6.45) is 1.49. The Morgan fingerprint density at radius 3 is 2.50 bits per heavy atom. The first kappa shape index (κ1) is 20.8. The number of rotatable bonds is 7. The Labute approximate surface area is 168 Å². The zero-order chi connectivity index (χ0) is 20.1. The van der Waals surface area contributed by atoms with E-state index < -0.39 is 15.9 Å². The summed E-state index contributed by atoms with van der Waals surface area (Å²) in [4.78, 5) is 13.7. The van der Waals surface area contributed by atoms with E-state index in [0.717, 1.165) is 33.4 Å². The third kappa shape index (κ3) is 4.91. The summed E-state index contributed by atoms with van der Waals surface area (Å²) in [5.74, 6) is -0.591. The molecule has 1 aliphatic rings. The van der Waals surface area contributed by atoms with E-state index in [9.17, 15) is 18.3 Å². The van der Waals surface area contributed by atoms with Gasteiger partial charge in [0.05, 0.1) is 24.8 Å². The van der Waals surface area contributed by atoms with E-state index in [2.05, 4.69) is 0 Å². The molecule has 0 saturated carbocycles. The molecule has 1 fully saturated rings. The van der Waals surface area contributed by atoms with Crippen molar-refractivity contribution in [3.8, 4) is 5.75 Å². The number of hydrogen-bond donors (Lipinski definition) is 1. The summed E-state index contributed by atoms with van der Waals surface area (Å²) in [6.45, 7) is 3.20. The van der Waals surface area contributed by atoms with Gasteiger partial charge >= 0.3 is 0 Å². The van der Waals surface area contributed by atoms with Crippen LogP contribution >= 0.6 is 11.3 Å². The Balaban J connectivity index is 1.79. The predicted molar refractivity (Wildman–Crippen MR) is 106 cm³/mol. The molecule has 28 heavy (non-hydrogen) atoms. The number of carbonyl (C=O) groups is 1. The number of hydrogen-bond acceptors (Lipinski definition) is 7. The fraction of sp³-hybridized carbons (Fsp3) is 0.421. The Morgan fingerprint density at radius 2 is 1.89 bits per heavy atom. The normalized spacial score (nSPS) is 15.5. The minimum atomic E-state index is -4.06. The van der Waals surface area contributed by atoms with Crippen molar-refractivity contribution in [3.05, 3.63) is 41.3 Å². The number of ether oxygens (including phenoxy) is 2. The highest BCUT2D eigenvalue weighted by molar-refractivity contribution is 7.95. The minimum Gasteiger partial charge on any atom is -0.508 e. The second kappa shape index (κ2) is 9.04. The third-order valence-electron chi connectivity index (χ3n) is 4.36. The molecule has 1 aliphatic heterocycles. The molecule has 0 aliphatic carbocycles. The first-order valence-electron chi connectivity index (χ1n) is 9.01. The molecule has 7 nitrogen and oxygen atoms in total. The maximum atomic E-state index is 13.1. The Morgan fingerprint density at radius 1 is 1.21 bits per heavy atom. The molecule has 2 aromatic rings. The maximum Gasteiger partial charge on any atom is 0.280 e. The molecule has 3 rings (SSSR count). The molecule has 0 radical (unpaired) electrons. The van der Waals surface area contributed by atoms with Crippen LogP contribution in [0.5, 0.6) is 5.75 Å². The summed E-state index contributed by atoms with van der Waals surface area (Å²) < 4.78 is 38.2. The number of phenols is 1. The molecule has 0 bridgehead atoms. The van der Waals surface area contributed by atoms with Crippen molar-refractivity contribution in [1.82, 2.24) is 0 Å². The average Bonchev–Trinajstić information content (AvgIpc) is 3.12. The van der Waals surface area contributed by atoms with Gasteiger partial charge in [0, 0.05) is 18.1 Å². The smallest absolute Gasteiger partial charge is 0.280 e. The van der Waals surface area contributed by atoms with Gasteiger partial charge in [-0.3, -0.25) is 4.79 Å². The molecule has 1 aromatic heterocycles. The van der Waals surface area contributed by atoms with Crippen LogP contribution in [-0.4, -0.2) is 45.4 Å². The lowest BCUT2D eigenvalue weighted by molar-refractivity contribution is -0.119. The molecule has 2 heterocycles. The number of nitrogens with zero attached hydrogens (tertiary/aromatic N) is 1. The minimum absolute atomic E-state index is 0.0108. The standard InChI is InChI=1S/C19H23NO6S2/c1-14-2-7-19(27-14)28(23,24)20(15-3-5-16(21)6-4-15)18(22)10-13-26-17-8-11-25-12-9-17/h2-7,17,21H,8-13H2,1H3. The summed E-state index contributed by atoms with van der Waals surface area (Å²) in [5.41, 5.74) is 0.180. The van der Waals surface area contributed by atoms with Crippen molar-refractivity contribution in [2.75, 3.05) is 24.1 Å². The van der Waals surface area contributed by atoms with Crippen LogP contribution in [0, 0.1) is 6.92 Å². The molecular formula is C19H23NO6S2. The van der Waals surface area contributed by atoms with Crippen LogP contribution in [-0.2, 0) is 24.3 Å². The zero-order valence-electron chi connectivity index (χ0n) is 15.5. The number of sulfonamides is 1. The van der Waals surface area contributed by atoms with Crippen LogP contribution in [0.25, 0.3) is 0 Å². The van der Waals surface area contributed by atoms with Crippen LogP contribution in [0.4, 0.5) is 5.69 Å². The maximum absolute atomic E-state index is 13.1. The number of phenolic OH excluding ortho intramolecular Hbond substituents is 1. The first-order valence-corrected chi connectivity index (χ1v) is 11.3. The largest absolute Gasteiger partial charge is 0.508 e. The third-order valence-corrected chi connectivity index (χ3v) is 7.58. The molecule has 0 unspecified atom stereocenters. The van der Waals surface area contributed by atoms with Crippen LogP contribution < -0.4 is 4.31 Å². The number of thiophene rings is 1. The summed E-state index contributed by atoms with van der Waals surface area (Å²) >= 11 is 1.11. The number of carbonyl (C=O) groups excluding carboxylic acids is 1. The summed E-state index contributed by atoms with van der Waals surface area (Å²) in [6, 6.07) is 8.71. The summed E-state index contributed by atoms with van der Waals surface area (Å²) in [5, 5.41) is 9.50. The van der Waals surface area contributed by atoms with Crippen LogP contribution in [0.3, 0.4) is 0 Å². The van der Waals surface area contributed by atoms with Gasteiger partial charge in [0.25, 0.3) is 10.0 Å². The number of benzene rings is 1. The number of aryl methyl sites for hydroxylation is 1. The van der Waals surface area contributed by atoms with Crippen LogP contribution in [0.15, 0.2) is 40.6 Å². The molecule has 9 heteroatoms. The average molecular weight is 426 g/mol. The first-order chi connectivity index (χ1) is 13.4. The highest BCUT2D eigenvalue weighted by Crippen LogP contribution is 2.30. The second-order valence-electron chi connectivity index (χ2n) is 6.48. The molecule has 0 spiro atoms. The van der Waals surface area contributed by atoms with Crippen molar-refractivity contribution in [2.24, 2.45) is 0 Å². The quantitative estimate of drug-likeness (QED) is 0.733. The lowest BCUT2D eigenvalue weighted by atomic mass is 10.1. The van der Waals surface area contributed by atoms with Crippen molar-refractivity contribution < 1.29 is 27.8 Å². The van der Waals surface area contributed by atoms with E-state index in [4.69, 9.17) is 9.47 Å². The number of aromatic hydroxyl groups is 1. The van der Waals surface area contributed by atoms with E-state index in [1.165, 1.54) is 30.3 Å². The van der Waals surface area contributed by atoms with E-state index in [-0.39, 0.29) is 34.8 Å². The van der Waals surface area contributed by atoms with Crippen molar-refractivity contribution in [2.45, 2.75) is 36.5 Å². The van der Waals surface area contributed by atoms with Gasteiger partial charge in [-0.25, -0.2) is 4.31 Å². The highest BCUT2D eigenvalue weighted by Gasteiger charge is 2.32. The lowest BCUT2D eigenvalue weighted by Crippen LogP contribution is -2.37. The molecule has 1 saturated heterocycles. The highest BCUT2D eigenvalue weighted by atomic mass is 32.2. The predicted octanol–water partition coefficient (Wildman–Crippen LogP) is 3.07. The molecule has 1 aromatic carbocycles. The van der Waals surface area contributed by atoms with Gasteiger partial charge in [-0.15, -0.1) is 11.3 Å². The number of amides is 1. The van der Waals surface area contributed by atoms with Gasteiger partial charge in [0.2, 0.25) is 5.91 Å². The Hall–Kier alpha value is -1.94. The van der Waals surface area contributed by atoms with Gasteiger partial charge in [0.1, 0.15) is 9.96 Å². The lowest BCUT2D eigenvalue weighted by Gasteiger charge is -2.24. The van der Waals surface area contributed by atoms with Gasteiger partial charge in [0.15, 0.2) is 0 Å². The molecular weight excluding hydrogens is 402 g/mol. The number of anilines is 1.